The van der Waals surface area contributed by atoms with Crippen molar-refractivity contribution in [1.29, 1.82) is 0 Å². The molecule has 63 heavy (non-hydrogen) atoms. The molecule has 0 spiro atoms. The minimum atomic E-state index is -1.45. The second-order valence-corrected chi connectivity index (χ2v) is 17.3. The van der Waals surface area contributed by atoms with Crippen molar-refractivity contribution >= 4 is 41.8 Å². The number of aliphatic hydroxyl groups is 1. The van der Waals surface area contributed by atoms with Gasteiger partial charge in [0.25, 0.3) is 0 Å². The summed E-state index contributed by atoms with van der Waals surface area (Å²) in [6.07, 6.45) is 0.189. The third-order valence-corrected chi connectivity index (χ3v) is 10.6. The van der Waals surface area contributed by atoms with Crippen molar-refractivity contribution < 1.29 is 62.3 Å². The van der Waals surface area contributed by atoms with Gasteiger partial charge in [0.15, 0.2) is 0 Å². The van der Waals surface area contributed by atoms with Crippen molar-refractivity contribution in [2.24, 2.45) is 5.41 Å². The molecule has 0 unspecified atom stereocenters. The number of esters is 4. The maximum atomic E-state index is 14.1. The molecule has 2 heterocycles. The molecular formula is C48H54N2O13. The lowest BCUT2D eigenvalue weighted by molar-refractivity contribution is -0.159. The maximum absolute atomic E-state index is 14.1. The fraction of sp³-hybridized carbons (Fsp3) is 0.417. The quantitative estimate of drug-likeness (QED) is 0.100. The molecule has 0 radical (unpaired) electrons. The van der Waals surface area contributed by atoms with E-state index >= 15 is 0 Å². The molecule has 1 aliphatic carbocycles. The van der Waals surface area contributed by atoms with Crippen molar-refractivity contribution in [3.05, 3.63) is 125 Å². The van der Waals surface area contributed by atoms with E-state index in [1.807, 2.05) is 60.7 Å². The molecule has 3 N–H and O–H groups in total. The predicted molar refractivity (Wildman–Crippen MR) is 227 cm³/mol. The molecule has 2 fully saturated rings. The Labute approximate surface area is 366 Å². The zero-order valence-corrected chi connectivity index (χ0v) is 36.0. The molecular weight excluding hydrogens is 813 g/mol. The summed E-state index contributed by atoms with van der Waals surface area (Å²) in [6, 6.07) is 24.3. The monoisotopic (exact) mass is 866 g/mol. The Kier molecular flexibility index (Phi) is 14.6. The number of benzene rings is 3. The van der Waals surface area contributed by atoms with E-state index in [2.05, 4.69) is 10.6 Å². The summed E-state index contributed by atoms with van der Waals surface area (Å²) in [4.78, 5) is 77.9. The largest absolute Gasteiger partial charge is 0.462 e. The number of ether oxygens (including phenoxy) is 6. The van der Waals surface area contributed by atoms with Crippen molar-refractivity contribution in [3.8, 4) is 0 Å². The summed E-state index contributed by atoms with van der Waals surface area (Å²) in [7, 11) is 0. The molecule has 3 aromatic rings. The molecule has 0 aromatic heterocycles. The molecule has 0 bridgehead atoms. The van der Waals surface area contributed by atoms with Gasteiger partial charge in [0.2, 0.25) is 23.7 Å². The van der Waals surface area contributed by atoms with Gasteiger partial charge in [-0.05, 0) is 51.0 Å². The van der Waals surface area contributed by atoms with Crippen LogP contribution in [0.1, 0.15) is 87.4 Å². The molecule has 2 amide bonds. The first-order chi connectivity index (χ1) is 30.0. The molecule has 3 aliphatic rings. The minimum absolute atomic E-state index is 0.00153. The number of hydrogen-bond donors (Lipinski definition) is 3. The van der Waals surface area contributed by atoms with Gasteiger partial charge in [-0.2, -0.15) is 0 Å². The highest BCUT2D eigenvalue weighted by atomic mass is 16.8. The lowest BCUT2D eigenvalue weighted by atomic mass is 9.90. The van der Waals surface area contributed by atoms with Crippen molar-refractivity contribution in [1.82, 2.24) is 10.6 Å². The van der Waals surface area contributed by atoms with E-state index in [1.165, 1.54) is 12.1 Å². The number of carbonyl (C=O) groups is 6. The highest BCUT2D eigenvalue weighted by Crippen LogP contribution is 2.47. The summed E-state index contributed by atoms with van der Waals surface area (Å²) >= 11 is 0. The van der Waals surface area contributed by atoms with Gasteiger partial charge in [0.05, 0.1) is 18.2 Å². The summed E-state index contributed by atoms with van der Waals surface area (Å²) in [6.45, 7) is 8.40. The summed E-state index contributed by atoms with van der Waals surface area (Å²) in [5.41, 5.74) is 0.628. The molecule has 3 aromatic carbocycles. The van der Waals surface area contributed by atoms with Crippen LogP contribution in [0.15, 0.2) is 103 Å². The van der Waals surface area contributed by atoms with Crippen LogP contribution in [0.25, 0.3) is 6.08 Å². The van der Waals surface area contributed by atoms with Crippen molar-refractivity contribution in [2.45, 2.75) is 102 Å². The van der Waals surface area contributed by atoms with Crippen LogP contribution in [0, 0.1) is 5.41 Å². The number of hydrogen-bond acceptors (Lipinski definition) is 13. The average molecular weight is 867 g/mol. The highest BCUT2D eigenvalue weighted by molar-refractivity contribution is 5.97. The molecule has 2 saturated heterocycles. The van der Waals surface area contributed by atoms with Crippen LogP contribution in [0.4, 0.5) is 0 Å². The molecule has 15 heteroatoms. The Morgan fingerprint density at radius 3 is 2.16 bits per heavy atom. The Hall–Kier alpha value is -6.16. The Bertz CT molecular complexity index is 2170. The van der Waals surface area contributed by atoms with Crippen LogP contribution in [-0.2, 0) is 58.2 Å². The highest BCUT2D eigenvalue weighted by Gasteiger charge is 2.55. The van der Waals surface area contributed by atoms with Crippen molar-refractivity contribution in [3.63, 3.8) is 0 Å². The molecule has 15 nitrogen and oxygen atoms in total. The second kappa shape index (κ2) is 19.9. The SMILES string of the molecule is CC(C)(C)OC(=O)CC[C@@H](CO)NC(=O)CCNC(=O)C1=C[C@H]2OC(c3ccccc3)(c3ccccc3)O[C@H]2[C@H](OC(=O)c2ccccc2C=CC(=O)O[C@H]2C(=O)OCC2(C)C)C1. The van der Waals surface area contributed by atoms with E-state index in [0.29, 0.717) is 16.7 Å². The predicted octanol–water partition coefficient (Wildman–Crippen LogP) is 4.84. The smallest absolute Gasteiger partial charge is 0.348 e. The molecule has 0 saturated carbocycles. The zero-order valence-electron chi connectivity index (χ0n) is 36.0. The van der Waals surface area contributed by atoms with Crippen molar-refractivity contribution in [2.75, 3.05) is 19.8 Å². The van der Waals surface area contributed by atoms with E-state index in [-0.39, 0.29) is 50.0 Å². The van der Waals surface area contributed by atoms with Gasteiger partial charge in [-0.25, -0.2) is 14.4 Å². The lowest BCUT2D eigenvalue weighted by Gasteiger charge is -2.31. The number of carbonyl (C=O) groups excluding carboxylic acids is 6. The van der Waals surface area contributed by atoms with E-state index in [9.17, 15) is 33.9 Å². The van der Waals surface area contributed by atoms with Gasteiger partial charge in [-0.15, -0.1) is 0 Å². The number of amides is 2. The minimum Gasteiger partial charge on any atom is -0.462 e. The standard InChI is InChI=1S/C48H54N2O13/c1-46(2,3)62-40(54)23-21-34(28-51)50-38(52)24-25-49-43(55)31-26-36(41-37(27-31)61-48(63-41,32-15-8-6-9-16-32)33-17-10-7-11-18-33)59-44(56)35-19-13-12-14-30(35)20-22-39(53)60-42-45(57)58-29-47(42,4)5/h6-20,22,27,34,36-37,41-42,51H,21,23-26,28-29H2,1-5H3,(H,49,55)(H,50,52)/t34-,36+,37+,41-,42-/m0/s1. The second-order valence-electron chi connectivity index (χ2n) is 17.3. The Morgan fingerprint density at radius 1 is 0.889 bits per heavy atom. The molecule has 6 rings (SSSR count). The van der Waals surface area contributed by atoms with E-state index < -0.39 is 89.6 Å². The topological polar surface area (TPSA) is 202 Å². The number of cyclic esters (lactones) is 1. The number of rotatable bonds is 16. The Morgan fingerprint density at radius 2 is 1.54 bits per heavy atom. The molecule has 5 atom stereocenters. The molecule has 2 aliphatic heterocycles. The molecule has 334 valence electrons. The van der Waals surface area contributed by atoms with Gasteiger partial charge in [-0.3, -0.25) is 14.4 Å². The zero-order chi connectivity index (χ0) is 45.4. The number of nitrogens with one attached hydrogen (secondary N) is 2. The van der Waals surface area contributed by atoms with Crippen LogP contribution in [0.5, 0.6) is 0 Å². The van der Waals surface area contributed by atoms with Gasteiger partial charge >= 0.3 is 23.9 Å². The van der Waals surface area contributed by atoms with Crippen LogP contribution in [-0.4, -0.2) is 96.6 Å². The number of fused-ring (bicyclic) bond motifs is 1. The Balaban J connectivity index is 1.19. The third-order valence-electron chi connectivity index (χ3n) is 10.6. The van der Waals surface area contributed by atoms with Crippen LogP contribution in [0.3, 0.4) is 0 Å². The van der Waals surface area contributed by atoms with Crippen LogP contribution in [0.2, 0.25) is 0 Å². The third kappa shape index (κ3) is 11.7. The van der Waals surface area contributed by atoms with E-state index in [4.69, 9.17) is 28.4 Å². The first-order valence-electron chi connectivity index (χ1n) is 20.9. The van der Waals surface area contributed by atoms with E-state index in [1.54, 1.807) is 58.9 Å². The first-order valence-corrected chi connectivity index (χ1v) is 20.9. The van der Waals surface area contributed by atoms with Gasteiger partial charge < -0.3 is 44.2 Å². The average Bonchev–Trinajstić information content (AvgIpc) is 3.78. The van der Waals surface area contributed by atoms with Gasteiger partial charge in [0.1, 0.15) is 30.5 Å². The maximum Gasteiger partial charge on any atom is 0.348 e. The normalized spacial score (nSPS) is 21.6. The lowest BCUT2D eigenvalue weighted by Crippen LogP contribution is -2.44. The van der Waals surface area contributed by atoms with Crippen LogP contribution >= 0.6 is 0 Å². The van der Waals surface area contributed by atoms with Gasteiger partial charge in [-0.1, -0.05) is 92.7 Å². The summed E-state index contributed by atoms with van der Waals surface area (Å²) in [5.74, 6) is -5.07. The first kappa shape index (κ1) is 46.3. The summed E-state index contributed by atoms with van der Waals surface area (Å²) < 4.78 is 35.6. The fourth-order valence-corrected chi connectivity index (χ4v) is 7.47. The van der Waals surface area contributed by atoms with Crippen LogP contribution < -0.4 is 10.6 Å². The van der Waals surface area contributed by atoms with Gasteiger partial charge in [0, 0.05) is 54.0 Å². The summed E-state index contributed by atoms with van der Waals surface area (Å²) in [5, 5.41) is 15.3. The van der Waals surface area contributed by atoms with E-state index in [0.717, 1.165) is 6.08 Å². The fourth-order valence-electron chi connectivity index (χ4n) is 7.47. The number of aliphatic hydroxyl groups excluding tert-OH is 1.